The van der Waals surface area contributed by atoms with Crippen LogP contribution in [0.5, 0.6) is 0 Å². The minimum absolute atomic E-state index is 0.0602. The molecule has 0 aliphatic carbocycles. The maximum Gasteiger partial charge on any atom is 0.261 e. The normalized spacial score (nSPS) is 20.7. The van der Waals surface area contributed by atoms with Crippen LogP contribution in [-0.2, 0) is 6.54 Å². The summed E-state index contributed by atoms with van der Waals surface area (Å²) in [5.74, 6) is -2.54. The zero-order valence-electron chi connectivity index (χ0n) is 8.29. The molecule has 1 aromatic rings. The van der Waals surface area contributed by atoms with Gasteiger partial charge in [-0.05, 0) is 12.1 Å². The minimum atomic E-state index is -2.54. The number of likely N-dealkylation sites (tertiary alicyclic amines) is 1. The van der Waals surface area contributed by atoms with Crippen LogP contribution in [0, 0.1) is 0 Å². The summed E-state index contributed by atoms with van der Waals surface area (Å²) in [5, 5.41) is 0. The molecule has 0 atom stereocenters. The zero-order chi connectivity index (χ0) is 10.9. The van der Waals surface area contributed by atoms with Gasteiger partial charge in [-0.15, -0.1) is 0 Å². The molecule has 1 aromatic heterocycles. The Kier molecular flexibility index (Phi) is 2.56. The summed E-state index contributed by atoms with van der Waals surface area (Å²) >= 11 is 0. The molecule has 0 amide bonds. The van der Waals surface area contributed by atoms with Crippen LogP contribution in [0.1, 0.15) is 12.1 Å². The first-order valence-corrected chi connectivity index (χ1v) is 4.86. The summed E-state index contributed by atoms with van der Waals surface area (Å²) in [6.07, 6.45) is 1.54. The molecule has 0 unspecified atom stereocenters. The Labute approximate surface area is 86.9 Å². The van der Waals surface area contributed by atoms with Crippen LogP contribution in [0.25, 0.3) is 0 Å². The van der Waals surface area contributed by atoms with Crippen LogP contribution in [0.4, 0.5) is 14.5 Å². The van der Waals surface area contributed by atoms with Crippen LogP contribution in [0.3, 0.4) is 0 Å². The second-order valence-electron chi connectivity index (χ2n) is 3.90. The number of anilines is 1. The Morgan fingerprint density at radius 2 is 2.33 bits per heavy atom. The van der Waals surface area contributed by atoms with Gasteiger partial charge in [-0.1, -0.05) is 0 Å². The lowest BCUT2D eigenvalue weighted by Crippen LogP contribution is -2.25. The number of nitrogens with two attached hydrogens (primary N) is 1. The number of hydrogen-bond acceptors (Lipinski definition) is 3. The van der Waals surface area contributed by atoms with Crippen LogP contribution in [0.2, 0.25) is 0 Å². The third-order valence-electron chi connectivity index (χ3n) is 2.47. The number of nitrogens with zero attached hydrogens (tertiary/aromatic N) is 2. The standard InChI is InChI=1S/C10H13F2N3/c11-10(12)2-4-15(7-10)6-9-5-8(13)1-3-14-9/h1,3,5H,2,4,6-7H2,(H2,13,14). The Bertz CT molecular complexity index is 354. The molecular weight excluding hydrogens is 200 g/mol. The van der Waals surface area contributed by atoms with Gasteiger partial charge in [-0.25, -0.2) is 8.78 Å². The first kappa shape index (κ1) is 10.3. The fourth-order valence-corrected chi connectivity index (χ4v) is 1.75. The molecule has 0 saturated carbocycles. The van der Waals surface area contributed by atoms with Gasteiger partial charge in [0.1, 0.15) is 0 Å². The molecule has 1 aliphatic rings. The third-order valence-corrected chi connectivity index (χ3v) is 2.47. The molecule has 3 nitrogen and oxygen atoms in total. The van der Waals surface area contributed by atoms with Gasteiger partial charge >= 0.3 is 0 Å². The Morgan fingerprint density at radius 1 is 1.53 bits per heavy atom. The lowest BCUT2D eigenvalue weighted by Gasteiger charge is -2.14. The van der Waals surface area contributed by atoms with Gasteiger partial charge in [-0.2, -0.15) is 0 Å². The van der Waals surface area contributed by atoms with Crippen molar-refractivity contribution in [1.82, 2.24) is 9.88 Å². The zero-order valence-corrected chi connectivity index (χ0v) is 8.29. The van der Waals surface area contributed by atoms with E-state index >= 15 is 0 Å². The first-order valence-electron chi connectivity index (χ1n) is 4.86. The van der Waals surface area contributed by atoms with Gasteiger partial charge in [0.25, 0.3) is 5.92 Å². The molecule has 1 aliphatic heterocycles. The lowest BCUT2D eigenvalue weighted by atomic mass is 10.3. The molecular formula is C10H13F2N3. The van der Waals surface area contributed by atoms with Crippen molar-refractivity contribution in [3.8, 4) is 0 Å². The van der Waals surface area contributed by atoms with E-state index in [4.69, 9.17) is 5.73 Å². The highest BCUT2D eigenvalue weighted by Crippen LogP contribution is 2.27. The molecule has 1 saturated heterocycles. The van der Waals surface area contributed by atoms with Crippen molar-refractivity contribution in [2.24, 2.45) is 0 Å². The molecule has 0 radical (unpaired) electrons. The van der Waals surface area contributed by atoms with Crippen LogP contribution in [-0.4, -0.2) is 28.9 Å². The average molecular weight is 213 g/mol. The number of rotatable bonds is 2. The van der Waals surface area contributed by atoms with Gasteiger partial charge < -0.3 is 5.73 Å². The van der Waals surface area contributed by atoms with Gasteiger partial charge in [0.05, 0.1) is 12.2 Å². The van der Waals surface area contributed by atoms with Crippen molar-refractivity contribution in [3.05, 3.63) is 24.0 Å². The molecule has 2 rings (SSSR count). The van der Waals surface area contributed by atoms with Gasteiger partial charge in [0.15, 0.2) is 0 Å². The average Bonchev–Trinajstić information content (AvgIpc) is 2.45. The van der Waals surface area contributed by atoms with E-state index in [1.807, 2.05) is 0 Å². The molecule has 15 heavy (non-hydrogen) atoms. The van der Waals surface area contributed by atoms with Crippen molar-refractivity contribution in [1.29, 1.82) is 0 Å². The maximum atomic E-state index is 12.9. The van der Waals surface area contributed by atoms with E-state index in [1.165, 1.54) is 0 Å². The Hall–Kier alpha value is -1.23. The topological polar surface area (TPSA) is 42.1 Å². The first-order chi connectivity index (χ1) is 7.05. The number of pyridine rings is 1. The molecule has 2 heterocycles. The fraction of sp³-hybridized carbons (Fsp3) is 0.500. The minimum Gasteiger partial charge on any atom is -0.399 e. The molecule has 0 aromatic carbocycles. The lowest BCUT2D eigenvalue weighted by molar-refractivity contribution is 0.0114. The summed E-state index contributed by atoms with van der Waals surface area (Å²) in [4.78, 5) is 5.78. The highest BCUT2D eigenvalue weighted by atomic mass is 19.3. The number of hydrogen-bond donors (Lipinski definition) is 1. The summed E-state index contributed by atoms with van der Waals surface area (Å²) < 4.78 is 25.8. The van der Waals surface area contributed by atoms with E-state index in [-0.39, 0.29) is 13.0 Å². The van der Waals surface area contributed by atoms with Gasteiger partial charge in [0.2, 0.25) is 0 Å². The maximum absolute atomic E-state index is 12.9. The van der Waals surface area contributed by atoms with Crippen molar-refractivity contribution in [2.45, 2.75) is 18.9 Å². The number of halogens is 2. The van der Waals surface area contributed by atoms with Crippen molar-refractivity contribution in [3.63, 3.8) is 0 Å². The molecule has 82 valence electrons. The van der Waals surface area contributed by atoms with E-state index in [1.54, 1.807) is 23.2 Å². The largest absolute Gasteiger partial charge is 0.399 e. The monoisotopic (exact) mass is 213 g/mol. The summed E-state index contributed by atoms with van der Waals surface area (Å²) in [7, 11) is 0. The van der Waals surface area contributed by atoms with Crippen molar-refractivity contribution < 1.29 is 8.78 Å². The van der Waals surface area contributed by atoms with Crippen LogP contribution < -0.4 is 5.73 Å². The Balaban J connectivity index is 1.99. The van der Waals surface area contributed by atoms with E-state index in [9.17, 15) is 8.78 Å². The predicted molar refractivity (Wildman–Crippen MR) is 53.5 cm³/mol. The SMILES string of the molecule is Nc1ccnc(CN2CCC(F)(F)C2)c1. The van der Waals surface area contributed by atoms with Gasteiger partial charge in [0, 0.05) is 31.4 Å². The highest BCUT2D eigenvalue weighted by Gasteiger charge is 2.37. The molecule has 2 N–H and O–H groups in total. The summed E-state index contributed by atoms with van der Waals surface area (Å²) in [5.41, 5.74) is 6.94. The van der Waals surface area contributed by atoms with Crippen LogP contribution >= 0.6 is 0 Å². The second-order valence-corrected chi connectivity index (χ2v) is 3.90. The van der Waals surface area contributed by atoms with Gasteiger partial charge in [-0.3, -0.25) is 9.88 Å². The van der Waals surface area contributed by atoms with Crippen LogP contribution in [0.15, 0.2) is 18.3 Å². The molecule has 1 fully saturated rings. The fourth-order valence-electron chi connectivity index (χ4n) is 1.75. The van der Waals surface area contributed by atoms with Crippen molar-refractivity contribution >= 4 is 5.69 Å². The number of aromatic nitrogens is 1. The number of nitrogen functional groups attached to an aromatic ring is 1. The summed E-state index contributed by atoms with van der Waals surface area (Å²) in [6.45, 7) is 0.688. The smallest absolute Gasteiger partial charge is 0.261 e. The van der Waals surface area contributed by atoms with E-state index in [0.29, 0.717) is 18.8 Å². The summed E-state index contributed by atoms with van der Waals surface area (Å²) in [6, 6.07) is 3.40. The second kappa shape index (κ2) is 3.73. The third kappa shape index (κ3) is 2.62. The predicted octanol–water partition coefficient (Wildman–Crippen LogP) is 1.50. The van der Waals surface area contributed by atoms with Crippen molar-refractivity contribution in [2.75, 3.05) is 18.8 Å². The van der Waals surface area contributed by atoms with E-state index in [2.05, 4.69) is 4.98 Å². The molecule has 0 bridgehead atoms. The van der Waals surface area contributed by atoms with E-state index < -0.39 is 5.92 Å². The number of alkyl halides is 2. The van der Waals surface area contributed by atoms with E-state index in [0.717, 1.165) is 5.69 Å². The quantitative estimate of drug-likeness (QED) is 0.809. The molecule has 0 spiro atoms. The Morgan fingerprint density at radius 3 is 2.93 bits per heavy atom. The molecule has 5 heteroatoms. The highest BCUT2D eigenvalue weighted by molar-refractivity contribution is 5.37.